The SMILES string of the molecule is O=C(O)C1CC1C(=O)NC1CCCCC1c1ccccc1. The molecule has 112 valence electrons. The molecule has 0 saturated heterocycles. The molecule has 2 N–H and O–H groups in total. The van der Waals surface area contributed by atoms with E-state index in [4.69, 9.17) is 5.11 Å². The van der Waals surface area contributed by atoms with E-state index in [9.17, 15) is 9.59 Å². The van der Waals surface area contributed by atoms with Crippen LogP contribution in [0.2, 0.25) is 0 Å². The highest BCUT2D eigenvalue weighted by Gasteiger charge is 2.49. The summed E-state index contributed by atoms with van der Waals surface area (Å²) in [6.07, 6.45) is 4.87. The summed E-state index contributed by atoms with van der Waals surface area (Å²) < 4.78 is 0. The average molecular weight is 287 g/mol. The van der Waals surface area contributed by atoms with E-state index in [1.807, 2.05) is 18.2 Å². The summed E-state index contributed by atoms with van der Waals surface area (Å²) in [5.74, 6) is -1.36. The largest absolute Gasteiger partial charge is 0.481 e. The Morgan fingerprint density at radius 2 is 1.76 bits per heavy atom. The minimum atomic E-state index is -0.849. The van der Waals surface area contributed by atoms with Crippen molar-refractivity contribution >= 4 is 11.9 Å². The van der Waals surface area contributed by atoms with Gasteiger partial charge in [0, 0.05) is 12.0 Å². The Morgan fingerprint density at radius 3 is 2.43 bits per heavy atom. The Morgan fingerprint density at radius 1 is 1.05 bits per heavy atom. The first kappa shape index (κ1) is 14.1. The maximum atomic E-state index is 12.2. The van der Waals surface area contributed by atoms with Crippen LogP contribution in [-0.2, 0) is 9.59 Å². The minimum absolute atomic E-state index is 0.0739. The van der Waals surface area contributed by atoms with E-state index in [1.165, 1.54) is 12.0 Å². The van der Waals surface area contributed by atoms with E-state index in [2.05, 4.69) is 17.4 Å². The number of carboxylic acids is 1. The molecule has 0 bridgehead atoms. The van der Waals surface area contributed by atoms with E-state index in [-0.39, 0.29) is 17.9 Å². The minimum Gasteiger partial charge on any atom is -0.481 e. The third-order valence-electron chi connectivity index (χ3n) is 4.77. The van der Waals surface area contributed by atoms with Crippen LogP contribution in [0.25, 0.3) is 0 Å². The number of hydrogen-bond acceptors (Lipinski definition) is 2. The number of rotatable bonds is 4. The van der Waals surface area contributed by atoms with Crippen LogP contribution in [0.15, 0.2) is 30.3 Å². The highest BCUT2D eigenvalue weighted by Crippen LogP contribution is 2.40. The first-order chi connectivity index (χ1) is 10.2. The Labute approximate surface area is 124 Å². The third-order valence-corrected chi connectivity index (χ3v) is 4.77. The number of carbonyl (C=O) groups excluding carboxylic acids is 1. The Bertz CT molecular complexity index is 528. The lowest BCUT2D eigenvalue weighted by atomic mass is 9.80. The fourth-order valence-corrected chi connectivity index (χ4v) is 3.45. The van der Waals surface area contributed by atoms with Crippen LogP contribution < -0.4 is 5.32 Å². The van der Waals surface area contributed by atoms with Gasteiger partial charge in [-0.2, -0.15) is 0 Å². The van der Waals surface area contributed by atoms with Crippen LogP contribution in [0.4, 0.5) is 0 Å². The first-order valence-corrected chi connectivity index (χ1v) is 7.75. The topological polar surface area (TPSA) is 66.4 Å². The molecule has 2 fully saturated rings. The molecule has 2 aliphatic carbocycles. The molecule has 0 heterocycles. The van der Waals surface area contributed by atoms with Crippen LogP contribution in [-0.4, -0.2) is 23.0 Å². The molecule has 0 spiro atoms. The zero-order valence-electron chi connectivity index (χ0n) is 12.0. The number of carboxylic acid groups (broad SMARTS) is 1. The molecule has 1 amide bonds. The molecule has 4 unspecified atom stereocenters. The molecule has 4 atom stereocenters. The van der Waals surface area contributed by atoms with Gasteiger partial charge in [-0.1, -0.05) is 43.2 Å². The second kappa shape index (κ2) is 5.88. The Hall–Kier alpha value is -1.84. The molecule has 2 aliphatic rings. The van der Waals surface area contributed by atoms with Gasteiger partial charge in [-0.3, -0.25) is 9.59 Å². The molecule has 4 nitrogen and oxygen atoms in total. The predicted molar refractivity (Wildman–Crippen MR) is 78.8 cm³/mol. The number of benzene rings is 1. The normalized spacial score (nSPS) is 31.4. The number of carbonyl (C=O) groups is 2. The van der Waals surface area contributed by atoms with Crippen LogP contribution >= 0.6 is 0 Å². The van der Waals surface area contributed by atoms with Gasteiger partial charge in [0.15, 0.2) is 0 Å². The summed E-state index contributed by atoms with van der Waals surface area (Å²) >= 11 is 0. The highest BCUT2D eigenvalue weighted by atomic mass is 16.4. The molecule has 0 aromatic heterocycles. The van der Waals surface area contributed by atoms with Gasteiger partial charge in [0.2, 0.25) is 5.91 Å². The second-order valence-electron chi connectivity index (χ2n) is 6.20. The summed E-state index contributed by atoms with van der Waals surface area (Å²) in [5.41, 5.74) is 1.27. The van der Waals surface area contributed by atoms with Gasteiger partial charge in [-0.05, 0) is 24.8 Å². The smallest absolute Gasteiger partial charge is 0.307 e. The number of amides is 1. The van der Waals surface area contributed by atoms with Crippen molar-refractivity contribution in [1.82, 2.24) is 5.32 Å². The van der Waals surface area contributed by atoms with Crippen molar-refractivity contribution in [1.29, 1.82) is 0 Å². The van der Waals surface area contributed by atoms with E-state index in [0.717, 1.165) is 19.3 Å². The third kappa shape index (κ3) is 3.09. The summed E-state index contributed by atoms with van der Waals surface area (Å²) in [6, 6.07) is 10.4. The van der Waals surface area contributed by atoms with Crippen molar-refractivity contribution in [2.45, 2.75) is 44.1 Å². The molecule has 2 saturated carbocycles. The van der Waals surface area contributed by atoms with Crippen molar-refractivity contribution in [3.63, 3.8) is 0 Å². The van der Waals surface area contributed by atoms with Gasteiger partial charge in [-0.25, -0.2) is 0 Å². The summed E-state index contributed by atoms with van der Waals surface area (Å²) in [5, 5.41) is 12.0. The van der Waals surface area contributed by atoms with Gasteiger partial charge in [0.25, 0.3) is 0 Å². The van der Waals surface area contributed by atoms with Crippen LogP contribution in [0.1, 0.15) is 43.6 Å². The highest BCUT2D eigenvalue weighted by molar-refractivity contribution is 5.89. The Kier molecular flexibility index (Phi) is 3.95. The predicted octanol–water partition coefficient (Wildman–Crippen LogP) is 2.55. The van der Waals surface area contributed by atoms with Crippen LogP contribution in [0.3, 0.4) is 0 Å². The molecule has 4 heteroatoms. The van der Waals surface area contributed by atoms with E-state index < -0.39 is 11.9 Å². The number of aliphatic carboxylic acids is 1. The van der Waals surface area contributed by atoms with E-state index in [0.29, 0.717) is 12.3 Å². The standard InChI is InChI=1S/C17H21NO3/c19-16(13-10-14(13)17(20)21)18-15-9-5-4-8-12(15)11-6-2-1-3-7-11/h1-3,6-7,12-15H,4-5,8-10H2,(H,18,19)(H,20,21). The van der Waals surface area contributed by atoms with Crippen molar-refractivity contribution in [3.8, 4) is 0 Å². The lowest BCUT2D eigenvalue weighted by Crippen LogP contribution is -2.42. The molecule has 1 aromatic rings. The van der Waals surface area contributed by atoms with E-state index in [1.54, 1.807) is 0 Å². The number of hydrogen-bond donors (Lipinski definition) is 2. The van der Waals surface area contributed by atoms with E-state index >= 15 is 0 Å². The second-order valence-corrected chi connectivity index (χ2v) is 6.20. The van der Waals surface area contributed by atoms with Crippen molar-refractivity contribution in [2.24, 2.45) is 11.8 Å². The average Bonchev–Trinajstić information content (AvgIpc) is 3.29. The van der Waals surface area contributed by atoms with Gasteiger partial charge < -0.3 is 10.4 Å². The van der Waals surface area contributed by atoms with Crippen molar-refractivity contribution in [3.05, 3.63) is 35.9 Å². The van der Waals surface area contributed by atoms with Gasteiger partial charge in [0.1, 0.15) is 0 Å². The molecule has 21 heavy (non-hydrogen) atoms. The molecular formula is C17H21NO3. The quantitative estimate of drug-likeness (QED) is 0.894. The van der Waals surface area contributed by atoms with Gasteiger partial charge in [-0.15, -0.1) is 0 Å². The Balaban J connectivity index is 1.65. The van der Waals surface area contributed by atoms with Crippen molar-refractivity contribution in [2.75, 3.05) is 0 Å². The van der Waals surface area contributed by atoms with Crippen LogP contribution in [0.5, 0.6) is 0 Å². The molecule has 0 aliphatic heterocycles. The molecular weight excluding hydrogens is 266 g/mol. The van der Waals surface area contributed by atoms with Crippen LogP contribution in [0, 0.1) is 11.8 Å². The fraction of sp³-hybridized carbons (Fsp3) is 0.529. The molecule has 3 rings (SSSR count). The lowest BCUT2D eigenvalue weighted by molar-refractivity contribution is -0.140. The summed E-state index contributed by atoms with van der Waals surface area (Å²) in [6.45, 7) is 0. The van der Waals surface area contributed by atoms with Gasteiger partial charge >= 0.3 is 5.97 Å². The zero-order chi connectivity index (χ0) is 14.8. The maximum absolute atomic E-state index is 12.2. The first-order valence-electron chi connectivity index (χ1n) is 7.75. The maximum Gasteiger partial charge on any atom is 0.307 e. The fourth-order valence-electron chi connectivity index (χ4n) is 3.45. The lowest BCUT2D eigenvalue weighted by Gasteiger charge is -2.32. The van der Waals surface area contributed by atoms with Crippen molar-refractivity contribution < 1.29 is 14.7 Å². The van der Waals surface area contributed by atoms with Gasteiger partial charge in [0.05, 0.1) is 11.8 Å². The summed E-state index contributed by atoms with van der Waals surface area (Å²) in [4.78, 5) is 23.1. The number of nitrogens with one attached hydrogen (secondary N) is 1. The zero-order valence-corrected chi connectivity index (χ0v) is 12.0. The summed E-state index contributed by atoms with van der Waals surface area (Å²) in [7, 11) is 0. The monoisotopic (exact) mass is 287 g/mol. The molecule has 0 radical (unpaired) electrons. The molecule has 1 aromatic carbocycles.